The number of hydrogen-bond donors (Lipinski definition) is 1. The van der Waals surface area contributed by atoms with Crippen molar-refractivity contribution in [3.05, 3.63) is 68.7 Å². The molecule has 10 heteroatoms. The van der Waals surface area contributed by atoms with Gasteiger partial charge in [-0.05, 0) is 48.4 Å². The Morgan fingerprint density at radius 1 is 0.971 bits per heavy atom. The van der Waals surface area contributed by atoms with Crippen LogP contribution in [-0.4, -0.2) is 59.6 Å². The molecule has 2 fully saturated rings. The van der Waals surface area contributed by atoms with Crippen molar-refractivity contribution in [2.24, 2.45) is 5.92 Å². The van der Waals surface area contributed by atoms with Crippen molar-refractivity contribution in [1.29, 1.82) is 0 Å². The number of carbonyl (C=O) groups excluding carboxylic acids is 4. The number of amides is 4. The van der Waals surface area contributed by atoms with Gasteiger partial charge in [0.1, 0.15) is 0 Å². The van der Waals surface area contributed by atoms with Gasteiger partial charge in [0.2, 0.25) is 17.7 Å². The van der Waals surface area contributed by atoms with Crippen molar-refractivity contribution in [3.8, 4) is 0 Å². The van der Waals surface area contributed by atoms with Gasteiger partial charge in [0.25, 0.3) is 5.91 Å². The Morgan fingerprint density at radius 2 is 1.63 bits per heavy atom. The van der Waals surface area contributed by atoms with E-state index >= 15 is 0 Å². The van der Waals surface area contributed by atoms with Crippen LogP contribution in [0, 0.1) is 5.92 Å². The number of imide groups is 1. The number of likely N-dealkylation sites (tertiary alicyclic amines) is 1. The first kappa shape index (κ1) is 25.5. The maximum absolute atomic E-state index is 13.3. The van der Waals surface area contributed by atoms with E-state index in [4.69, 9.17) is 34.8 Å². The summed E-state index contributed by atoms with van der Waals surface area (Å²) in [4.78, 5) is 53.5. The molecule has 2 atom stereocenters. The van der Waals surface area contributed by atoms with Gasteiger partial charge in [0, 0.05) is 55.5 Å². The summed E-state index contributed by atoms with van der Waals surface area (Å²) in [5.74, 6) is -2.21. The van der Waals surface area contributed by atoms with Crippen LogP contribution in [0.1, 0.15) is 41.1 Å². The van der Waals surface area contributed by atoms with E-state index in [1.807, 2.05) is 6.07 Å². The van der Waals surface area contributed by atoms with E-state index in [1.54, 1.807) is 53.2 Å². The molecule has 2 aromatic carbocycles. The predicted octanol–water partition coefficient (Wildman–Crippen LogP) is 4.16. The molecular formula is C25H24Cl3N3O4. The zero-order chi connectivity index (χ0) is 25.3. The molecule has 1 N–H and O–H groups in total. The third kappa shape index (κ3) is 5.63. The summed E-state index contributed by atoms with van der Waals surface area (Å²) in [6.07, 6.45) is 0.479. The topological polar surface area (TPSA) is 86.8 Å². The van der Waals surface area contributed by atoms with E-state index in [0.29, 0.717) is 40.1 Å². The minimum atomic E-state index is -0.685. The lowest BCUT2D eigenvalue weighted by atomic mass is 9.83. The monoisotopic (exact) mass is 535 g/mol. The van der Waals surface area contributed by atoms with Crippen LogP contribution in [0.15, 0.2) is 42.5 Å². The predicted molar refractivity (Wildman–Crippen MR) is 134 cm³/mol. The first-order chi connectivity index (χ1) is 16.6. The molecule has 0 saturated carbocycles. The zero-order valence-corrected chi connectivity index (χ0v) is 21.2. The molecule has 2 heterocycles. The molecule has 2 saturated heterocycles. The molecule has 7 nitrogen and oxygen atoms in total. The van der Waals surface area contributed by atoms with Gasteiger partial charge in [-0.1, -0.05) is 40.9 Å². The number of hydrogen-bond acceptors (Lipinski definition) is 4. The Labute approximate surface area is 218 Å². The fourth-order valence-electron chi connectivity index (χ4n) is 4.83. The Morgan fingerprint density at radius 3 is 2.26 bits per heavy atom. The molecule has 0 aliphatic carbocycles. The standard InChI is InChI=1S/C25H24Cl3N3O4/c1-30(24(34)14-2-5-17(26)6-3-14)21-8-9-31(25(35)16-11-22(32)29-23(33)12-16)13-18(21)15-4-7-19(27)20(28)10-15/h2-7,10,16,18,21H,8-9,11-13H2,1H3,(H,29,32,33)/t18-,21+/m0/s1. The van der Waals surface area contributed by atoms with Crippen LogP contribution >= 0.6 is 34.8 Å². The molecule has 0 radical (unpaired) electrons. The van der Waals surface area contributed by atoms with Gasteiger partial charge >= 0.3 is 0 Å². The van der Waals surface area contributed by atoms with E-state index in [1.165, 1.54) is 0 Å². The first-order valence-corrected chi connectivity index (χ1v) is 12.4. The summed E-state index contributed by atoms with van der Waals surface area (Å²) in [6, 6.07) is 11.8. The first-order valence-electron chi connectivity index (χ1n) is 11.2. The number of benzene rings is 2. The fourth-order valence-corrected chi connectivity index (χ4v) is 5.26. The van der Waals surface area contributed by atoms with Crippen molar-refractivity contribution in [1.82, 2.24) is 15.1 Å². The molecule has 4 rings (SSSR count). The number of rotatable bonds is 4. The van der Waals surface area contributed by atoms with Gasteiger partial charge in [-0.3, -0.25) is 24.5 Å². The van der Waals surface area contributed by atoms with Crippen LogP contribution in [0.25, 0.3) is 0 Å². The molecular weight excluding hydrogens is 513 g/mol. The van der Waals surface area contributed by atoms with Crippen LogP contribution in [0.4, 0.5) is 0 Å². The van der Waals surface area contributed by atoms with Crippen LogP contribution in [-0.2, 0) is 14.4 Å². The Hall–Kier alpha value is -2.61. The van der Waals surface area contributed by atoms with Crippen LogP contribution in [0.2, 0.25) is 15.1 Å². The fraction of sp³-hybridized carbons (Fsp3) is 0.360. The molecule has 2 aliphatic rings. The second-order valence-corrected chi connectivity index (χ2v) is 10.2. The maximum Gasteiger partial charge on any atom is 0.253 e. The van der Waals surface area contributed by atoms with Gasteiger partial charge in [-0.25, -0.2) is 0 Å². The molecule has 0 bridgehead atoms. The summed E-state index contributed by atoms with van der Waals surface area (Å²) in [5.41, 5.74) is 1.35. The lowest BCUT2D eigenvalue weighted by molar-refractivity contribution is -0.146. The van der Waals surface area contributed by atoms with E-state index in [2.05, 4.69) is 5.32 Å². The SMILES string of the molecule is CN(C(=O)c1ccc(Cl)cc1)[C@@H]1CCN(C(=O)C2CC(=O)NC(=O)C2)C[C@H]1c1ccc(Cl)c(Cl)c1. The molecule has 184 valence electrons. The molecule has 2 aliphatic heterocycles. The van der Waals surface area contributed by atoms with Crippen molar-refractivity contribution in [2.45, 2.75) is 31.2 Å². The van der Waals surface area contributed by atoms with Crippen LogP contribution < -0.4 is 5.32 Å². The number of halogens is 3. The largest absolute Gasteiger partial charge is 0.342 e. The smallest absolute Gasteiger partial charge is 0.253 e. The van der Waals surface area contributed by atoms with Gasteiger partial charge in [0.05, 0.1) is 16.0 Å². The van der Waals surface area contributed by atoms with Crippen molar-refractivity contribution < 1.29 is 19.2 Å². The Balaban J connectivity index is 1.60. The van der Waals surface area contributed by atoms with E-state index < -0.39 is 17.7 Å². The third-order valence-electron chi connectivity index (χ3n) is 6.66. The number of piperidine rings is 2. The third-order valence-corrected chi connectivity index (χ3v) is 7.65. The number of carbonyl (C=O) groups is 4. The molecule has 4 amide bonds. The highest BCUT2D eigenvalue weighted by Crippen LogP contribution is 2.35. The number of likely N-dealkylation sites (N-methyl/N-ethyl adjacent to an activating group) is 1. The highest BCUT2D eigenvalue weighted by Gasteiger charge is 2.40. The van der Waals surface area contributed by atoms with E-state index in [9.17, 15) is 19.2 Å². The average Bonchev–Trinajstić information content (AvgIpc) is 2.84. The second-order valence-electron chi connectivity index (χ2n) is 8.92. The average molecular weight is 537 g/mol. The van der Waals surface area contributed by atoms with Gasteiger partial charge < -0.3 is 9.80 Å². The van der Waals surface area contributed by atoms with Crippen molar-refractivity contribution in [2.75, 3.05) is 20.1 Å². The Kier molecular flexibility index (Phi) is 7.69. The van der Waals surface area contributed by atoms with Crippen molar-refractivity contribution >= 4 is 58.4 Å². The summed E-state index contributed by atoms with van der Waals surface area (Å²) < 4.78 is 0. The lowest BCUT2D eigenvalue weighted by Gasteiger charge is -2.44. The molecule has 0 spiro atoms. The summed E-state index contributed by atoms with van der Waals surface area (Å²) >= 11 is 18.4. The molecule has 0 unspecified atom stereocenters. The van der Waals surface area contributed by atoms with Crippen molar-refractivity contribution in [3.63, 3.8) is 0 Å². The molecule has 2 aromatic rings. The van der Waals surface area contributed by atoms with E-state index in [-0.39, 0.29) is 36.6 Å². The minimum Gasteiger partial charge on any atom is -0.342 e. The summed E-state index contributed by atoms with van der Waals surface area (Å²) in [5, 5.41) is 3.57. The highest BCUT2D eigenvalue weighted by atomic mass is 35.5. The Bertz CT molecular complexity index is 1160. The summed E-state index contributed by atoms with van der Waals surface area (Å²) in [6.45, 7) is 0.706. The normalized spacial score (nSPS) is 21.0. The maximum atomic E-state index is 13.3. The van der Waals surface area contributed by atoms with Gasteiger partial charge in [-0.15, -0.1) is 0 Å². The van der Waals surface area contributed by atoms with E-state index in [0.717, 1.165) is 5.56 Å². The van der Waals surface area contributed by atoms with Crippen LogP contribution in [0.5, 0.6) is 0 Å². The van der Waals surface area contributed by atoms with Gasteiger partial charge in [-0.2, -0.15) is 0 Å². The lowest BCUT2D eigenvalue weighted by Crippen LogP contribution is -2.54. The highest BCUT2D eigenvalue weighted by molar-refractivity contribution is 6.42. The summed E-state index contributed by atoms with van der Waals surface area (Å²) in [7, 11) is 1.74. The quantitative estimate of drug-likeness (QED) is 0.595. The molecule has 35 heavy (non-hydrogen) atoms. The second kappa shape index (κ2) is 10.6. The molecule has 0 aromatic heterocycles. The number of nitrogens with zero attached hydrogens (tertiary/aromatic N) is 2. The zero-order valence-electron chi connectivity index (χ0n) is 19.0. The van der Waals surface area contributed by atoms with Gasteiger partial charge in [0.15, 0.2) is 0 Å². The minimum absolute atomic E-state index is 0.0170. The number of nitrogens with one attached hydrogen (secondary N) is 1. The van der Waals surface area contributed by atoms with Crippen LogP contribution in [0.3, 0.4) is 0 Å².